The summed E-state index contributed by atoms with van der Waals surface area (Å²) in [6.45, 7) is 4.85. The average molecular weight is 339 g/mol. The molecule has 0 aromatic rings. The zero-order valence-corrected chi connectivity index (χ0v) is 10.3. The molecule has 1 atom stereocenters. The first kappa shape index (κ1) is 9.82. The molecule has 1 fully saturated rings. The first-order valence-electron chi connectivity index (χ1n) is 3.14. The fourth-order valence-corrected chi connectivity index (χ4v) is 6.04. The molecule has 0 N–H and O–H groups in total. The molecule has 0 aromatic heterocycles. The minimum Gasteiger partial charge on any atom is -0.427 e. The number of rotatable bonds is 1. The molecule has 0 radical (unpaired) electrons. The van der Waals surface area contributed by atoms with Gasteiger partial charge in [-0.1, -0.05) is 6.04 Å². The molecule has 0 saturated carbocycles. The van der Waals surface area contributed by atoms with Gasteiger partial charge in [0.25, 0.3) is 0 Å². The van der Waals surface area contributed by atoms with E-state index >= 15 is 0 Å². The van der Waals surface area contributed by atoms with Crippen molar-refractivity contribution in [1.29, 1.82) is 0 Å². The summed E-state index contributed by atoms with van der Waals surface area (Å²) in [5.74, 6) is 0. The van der Waals surface area contributed by atoms with Crippen LogP contribution in [0.4, 0.5) is 0 Å². The number of hydrogen-bond donors (Lipinski definition) is 0. The summed E-state index contributed by atoms with van der Waals surface area (Å²) in [5.41, 5.74) is 2.19. The molecular formula is C5H12OPtSi2. The summed E-state index contributed by atoms with van der Waals surface area (Å²) < 4.78 is 5.40. The van der Waals surface area contributed by atoms with Crippen LogP contribution in [0.3, 0.4) is 0 Å². The van der Waals surface area contributed by atoms with E-state index in [1.807, 2.05) is 0 Å². The third kappa shape index (κ3) is 3.51. The van der Waals surface area contributed by atoms with Gasteiger partial charge < -0.3 is 4.43 Å². The van der Waals surface area contributed by atoms with Gasteiger partial charge in [-0.15, -0.1) is 12.3 Å². The van der Waals surface area contributed by atoms with Crippen molar-refractivity contribution >= 4 is 17.6 Å². The van der Waals surface area contributed by atoms with Gasteiger partial charge in [0.05, 0.1) is 8.31 Å². The molecule has 1 heterocycles. The molecule has 0 amide bonds. The van der Waals surface area contributed by atoms with E-state index < -0.39 is 8.31 Å². The quantitative estimate of drug-likeness (QED) is 0.608. The van der Waals surface area contributed by atoms with Crippen molar-refractivity contribution < 1.29 is 25.5 Å². The van der Waals surface area contributed by atoms with E-state index in [0.29, 0.717) is 0 Å². The Labute approximate surface area is 74.5 Å². The first-order chi connectivity index (χ1) is 3.93. The number of hydrogen-bond acceptors (Lipinski definition) is 1. The van der Waals surface area contributed by atoms with Gasteiger partial charge in [-0.25, -0.2) is 0 Å². The molecule has 1 unspecified atom stereocenters. The van der Waals surface area contributed by atoms with Crippen LogP contribution in [-0.4, -0.2) is 24.2 Å². The molecule has 1 aliphatic heterocycles. The second-order valence-electron chi connectivity index (χ2n) is 2.21. The van der Waals surface area contributed by atoms with Gasteiger partial charge in [-0.2, -0.15) is 0 Å². The molecular weight excluding hydrogens is 327 g/mol. The van der Waals surface area contributed by atoms with Crippen LogP contribution in [-0.2, 0) is 25.5 Å². The Kier molecular flexibility index (Phi) is 6.11. The Hall–Kier alpha value is 0.822. The monoisotopic (exact) mass is 339 g/mol. The molecule has 4 heteroatoms. The predicted molar refractivity (Wildman–Crippen MR) is 41.3 cm³/mol. The summed E-state index contributed by atoms with van der Waals surface area (Å²) >= 11 is 0. The van der Waals surface area contributed by atoms with Crippen molar-refractivity contribution in [3.8, 4) is 0 Å². The summed E-state index contributed by atoms with van der Waals surface area (Å²) in [5, 5.41) is 0. The smallest absolute Gasteiger partial charge is 0.151 e. The van der Waals surface area contributed by atoms with Gasteiger partial charge in [0.2, 0.25) is 0 Å². The van der Waals surface area contributed by atoms with Gasteiger partial charge in [0.1, 0.15) is 0 Å². The fraction of sp³-hybridized carbons (Fsp3) is 0.600. The molecule has 1 rings (SSSR count). The van der Waals surface area contributed by atoms with Crippen molar-refractivity contribution in [2.75, 3.05) is 6.61 Å². The maximum Gasteiger partial charge on any atom is 0.151 e. The van der Waals surface area contributed by atoms with E-state index in [4.69, 9.17) is 4.43 Å². The summed E-state index contributed by atoms with van der Waals surface area (Å²) in [7, 11) is -0.481. The Balaban J connectivity index is 0.000000640. The Morgan fingerprint density at radius 3 is 2.78 bits per heavy atom. The van der Waals surface area contributed by atoms with Crippen LogP contribution in [0.1, 0.15) is 6.42 Å². The molecule has 9 heavy (non-hydrogen) atoms. The van der Waals surface area contributed by atoms with Crippen LogP contribution < -0.4 is 0 Å². The van der Waals surface area contributed by atoms with Gasteiger partial charge in [-0.05, 0) is 6.42 Å². The van der Waals surface area contributed by atoms with Crippen LogP contribution in [0.25, 0.3) is 0 Å². The van der Waals surface area contributed by atoms with Crippen molar-refractivity contribution in [1.82, 2.24) is 0 Å². The minimum atomic E-state index is -0.425. The second-order valence-corrected chi connectivity index (χ2v) is 9.67. The molecule has 0 spiro atoms. The van der Waals surface area contributed by atoms with E-state index in [0.717, 1.165) is 6.61 Å². The zero-order valence-electron chi connectivity index (χ0n) is 5.41. The maximum absolute atomic E-state index is 5.40. The Morgan fingerprint density at radius 2 is 2.44 bits per heavy atom. The van der Waals surface area contributed by atoms with Crippen LogP contribution in [0, 0.1) is 0 Å². The molecule has 1 saturated heterocycles. The SMILES string of the molecule is C=C[SiH]1CCCO[SiH2]1.[Pt]. The molecule has 0 aromatic carbocycles. The fourth-order valence-electron chi connectivity index (χ4n) is 0.952. The van der Waals surface area contributed by atoms with E-state index in [2.05, 4.69) is 12.3 Å². The van der Waals surface area contributed by atoms with E-state index in [1.54, 1.807) is 0 Å². The maximum atomic E-state index is 5.40. The van der Waals surface area contributed by atoms with E-state index in [9.17, 15) is 0 Å². The topological polar surface area (TPSA) is 9.23 Å². The molecule has 0 bridgehead atoms. The minimum absolute atomic E-state index is 0. The third-order valence-corrected chi connectivity index (χ3v) is 8.51. The van der Waals surface area contributed by atoms with Crippen molar-refractivity contribution in [2.24, 2.45) is 0 Å². The van der Waals surface area contributed by atoms with Gasteiger partial charge >= 0.3 is 0 Å². The van der Waals surface area contributed by atoms with Crippen molar-refractivity contribution in [2.45, 2.75) is 12.5 Å². The van der Waals surface area contributed by atoms with Crippen molar-refractivity contribution in [3.05, 3.63) is 12.3 Å². The second kappa shape index (κ2) is 5.60. The van der Waals surface area contributed by atoms with Gasteiger partial charge in [0, 0.05) is 27.7 Å². The van der Waals surface area contributed by atoms with Gasteiger partial charge in [0.15, 0.2) is 9.28 Å². The Bertz CT molecular complexity index is 83.0. The molecule has 56 valence electrons. The normalized spacial score (nSPS) is 29.1. The zero-order chi connectivity index (χ0) is 5.82. The summed E-state index contributed by atoms with van der Waals surface area (Å²) in [4.78, 5) is 0. The van der Waals surface area contributed by atoms with Crippen molar-refractivity contribution in [3.63, 3.8) is 0 Å². The summed E-state index contributed by atoms with van der Waals surface area (Å²) in [6, 6.07) is 1.47. The third-order valence-electron chi connectivity index (χ3n) is 1.53. The first-order valence-corrected chi connectivity index (χ1v) is 8.46. The largest absolute Gasteiger partial charge is 0.427 e. The Morgan fingerprint density at radius 1 is 1.67 bits per heavy atom. The molecule has 1 nitrogen and oxygen atoms in total. The van der Waals surface area contributed by atoms with E-state index in [1.165, 1.54) is 12.5 Å². The van der Waals surface area contributed by atoms with E-state index in [-0.39, 0.29) is 30.3 Å². The van der Waals surface area contributed by atoms with Gasteiger partial charge in [-0.3, -0.25) is 0 Å². The van der Waals surface area contributed by atoms with Crippen LogP contribution in [0.2, 0.25) is 6.04 Å². The molecule has 1 aliphatic rings. The molecule has 0 aliphatic carbocycles. The van der Waals surface area contributed by atoms with Crippen LogP contribution >= 0.6 is 0 Å². The van der Waals surface area contributed by atoms with Crippen LogP contribution in [0.5, 0.6) is 0 Å². The standard InChI is InChI=1S/C5H12OSi2.Pt/c1-2-8-5-3-4-6-7-8;/h2,8H,1,3-5,7H2;. The predicted octanol–water partition coefficient (Wildman–Crippen LogP) is -0.0630. The average Bonchev–Trinajstić information content (AvgIpc) is 1.90. The van der Waals surface area contributed by atoms with Crippen LogP contribution in [0.15, 0.2) is 12.3 Å². The summed E-state index contributed by atoms with van der Waals surface area (Å²) in [6.07, 6.45) is 1.30.